The van der Waals surface area contributed by atoms with E-state index in [-0.39, 0.29) is 0 Å². The van der Waals surface area contributed by atoms with Crippen molar-refractivity contribution in [2.24, 2.45) is 0 Å². The molecule has 2 aromatic rings. The van der Waals surface area contributed by atoms with Gasteiger partial charge in [0.25, 0.3) is 0 Å². The predicted molar refractivity (Wildman–Crippen MR) is 56.0 cm³/mol. The summed E-state index contributed by atoms with van der Waals surface area (Å²) < 4.78 is 21.6. The van der Waals surface area contributed by atoms with Crippen LogP contribution in [0.1, 0.15) is 0 Å². The summed E-state index contributed by atoms with van der Waals surface area (Å²) in [6.07, 6.45) is 3.05. The molecule has 4 nitrogen and oxygen atoms in total. The second-order valence-electron chi connectivity index (χ2n) is 2.90. The highest BCUT2D eigenvalue weighted by Crippen LogP contribution is 2.17. The van der Waals surface area contributed by atoms with E-state index in [9.17, 15) is 8.42 Å². The van der Waals surface area contributed by atoms with Crippen molar-refractivity contribution < 1.29 is 8.42 Å². The van der Waals surface area contributed by atoms with Gasteiger partial charge in [-0.15, -0.1) is 0 Å². The summed E-state index contributed by atoms with van der Waals surface area (Å²) in [6.45, 7) is 0. The lowest BCUT2D eigenvalue weighted by Gasteiger charge is -1.99. The van der Waals surface area contributed by atoms with E-state index in [1.165, 1.54) is 6.33 Å². The lowest BCUT2D eigenvalue weighted by molar-refractivity contribution is 0.614. The van der Waals surface area contributed by atoms with E-state index in [1.807, 2.05) is 6.07 Å². The maximum absolute atomic E-state index is 10.8. The molecule has 5 heteroatoms. The Morgan fingerprint density at radius 3 is 2.67 bits per heavy atom. The van der Waals surface area contributed by atoms with Gasteiger partial charge in [-0.3, -0.25) is 0 Å². The molecule has 0 bridgehead atoms. The molecule has 0 fully saturated rings. The van der Waals surface area contributed by atoms with Crippen molar-refractivity contribution in [3.8, 4) is 11.3 Å². The Bertz CT molecular complexity index is 530. The van der Waals surface area contributed by atoms with Crippen LogP contribution < -0.4 is 0 Å². The minimum atomic E-state index is -2.55. The molecule has 2 rings (SSSR count). The van der Waals surface area contributed by atoms with Crippen LogP contribution in [-0.2, 0) is 10.7 Å². The van der Waals surface area contributed by atoms with E-state index < -0.39 is 10.7 Å². The van der Waals surface area contributed by atoms with Crippen LogP contribution in [0.15, 0.2) is 47.8 Å². The van der Waals surface area contributed by atoms with Gasteiger partial charge < -0.3 is 0 Å². The molecular formula is C10H8N2O2S. The van der Waals surface area contributed by atoms with E-state index in [2.05, 4.69) is 9.97 Å². The standard InChI is InChI=1S/C10H8N2O2S/c13-15(14)9-3-1-2-8(6-9)10-4-5-11-7-12-10/h1-7,15H. The molecule has 0 aliphatic heterocycles. The zero-order valence-corrected chi connectivity index (χ0v) is 8.59. The third kappa shape index (κ3) is 2.19. The van der Waals surface area contributed by atoms with E-state index in [1.54, 1.807) is 30.5 Å². The third-order valence-corrected chi connectivity index (χ3v) is 2.63. The highest BCUT2D eigenvalue weighted by atomic mass is 32.2. The van der Waals surface area contributed by atoms with Crippen LogP contribution in [0, 0.1) is 0 Å². The fourth-order valence-corrected chi connectivity index (χ4v) is 1.69. The Kier molecular flexibility index (Phi) is 2.73. The quantitative estimate of drug-likeness (QED) is 0.770. The first-order valence-electron chi connectivity index (χ1n) is 4.28. The SMILES string of the molecule is O=[SH](=O)c1cccc(-c2ccncn2)c1. The Hall–Kier alpha value is -1.75. The van der Waals surface area contributed by atoms with Crippen molar-refractivity contribution in [3.05, 3.63) is 42.9 Å². The van der Waals surface area contributed by atoms with Crippen LogP contribution >= 0.6 is 0 Å². The smallest absolute Gasteiger partial charge is 0.168 e. The summed E-state index contributed by atoms with van der Waals surface area (Å²) in [7, 11) is -2.55. The van der Waals surface area contributed by atoms with Crippen molar-refractivity contribution in [1.29, 1.82) is 0 Å². The molecule has 0 radical (unpaired) electrons. The number of hydrogen-bond acceptors (Lipinski definition) is 4. The predicted octanol–water partition coefficient (Wildman–Crippen LogP) is 1.11. The summed E-state index contributed by atoms with van der Waals surface area (Å²) in [4.78, 5) is 8.13. The molecule has 1 aromatic carbocycles. The van der Waals surface area contributed by atoms with Gasteiger partial charge in [0.05, 0.1) is 10.6 Å². The minimum absolute atomic E-state index is 0.293. The largest absolute Gasteiger partial charge is 0.245 e. The normalized spacial score (nSPS) is 10.5. The summed E-state index contributed by atoms with van der Waals surface area (Å²) in [5.41, 5.74) is 1.48. The third-order valence-electron chi connectivity index (χ3n) is 1.93. The molecular weight excluding hydrogens is 212 g/mol. The molecule has 0 N–H and O–H groups in total. The van der Waals surface area contributed by atoms with Gasteiger partial charge in [0, 0.05) is 11.8 Å². The van der Waals surface area contributed by atoms with Crippen LogP contribution in [0.5, 0.6) is 0 Å². The van der Waals surface area contributed by atoms with Gasteiger partial charge in [-0.25, -0.2) is 18.4 Å². The van der Waals surface area contributed by atoms with E-state index in [4.69, 9.17) is 0 Å². The van der Waals surface area contributed by atoms with Gasteiger partial charge in [-0.2, -0.15) is 0 Å². The Labute approximate surface area is 88.6 Å². The summed E-state index contributed by atoms with van der Waals surface area (Å²) in [6, 6.07) is 8.38. The van der Waals surface area contributed by atoms with Crippen molar-refractivity contribution in [1.82, 2.24) is 9.97 Å². The summed E-state index contributed by atoms with van der Waals surface area (Å²) in [5.74, 6) is 0. The van der Waals surface area contributed by atoms with Crippen LogP contribution in [0.4, 0.5) is 0 Å². The first-order chi connectivity index (χ1) is 7.27. The highest BCUT2D eigenvalue weighted by Gasteiger charge is 2.00. The number of thiol groups is 1. The number of hydrogen-bond donors (Lipinski definition) is 1. The lowest BCUT2D eigenvalue weighted by Crippen LogP contribution is -1.86. The molecule has 0 amide bonds. The average Bonchev–Trinajstić information content (AvgIpc) is 2.30. The second-order valence-corrected chi connectivity index (χ2v) is 3.93. The maximum Gasteiger partial charge on any atom is 0.168 e. The van der Waals surface area contributed by atoms with Crippen LogP contribution in [0.2, 0.25) is 0 Å². The minimum Gasteiger partial charge on any atom is -0.245 e. The Morgan fingerprint density at radius 1 is 1.13 bits per heavy atom. The van der Waals surface area contributed by atoms with E-state index in [0.29, 0.717) is 10.6 Å². The fraction of sp³-hybridized carbons (Fsp3) is 0. The molecule has 1 aromatic heterocycles. The zero-order valence-electron chi connectivity index (χ0n) is 7.70. The molecule has 0 spiro atoms. The van der Waals surface area contributed by atoms with Crippen LogP contribution in [0.3, 0.4) is 0 Å². The van der Waals surface area contributed by atoms with Gasteiger partial charge in [-0.1, -0.05) is 12.1 Å². The monoisotopic (exact) mass is 220 g/mol. The molecule has 15 heavy (non-hydrogen) atoms. The topological polar surface area (TPSA) is 59.9 Å². The number of benzene rings is 1. The first kappa shape index (κ1) is 9.79. The van der Waals surface area contributed by atoms with E-state index in [0.717, 1.165) is 5.56 Å². The van der Waals surface area contributed by atoms with E-state index >= 15 is 0 Å². The van der Waals surface area contributed by atoms with Crippen molar-refractivity contribution in [3.63, 3.8) is 0 Å². The maximum atomic E-state index is 10.8. The molecule has 1 heterocycles. The summed E-state index contributed by atoms with van der Waals surface area (Å²) in [5, 5.41) is 0. The average molecular weight is 220 g/mol. The fourth-order valence-electron chi connectivity index (χ4n) is 1.24. The molecule has 76 valence electrons. The number of nitrogens with zero attached hydrogens (tertiary/aromatic N) is 2. The van der Waals surface area contributed by atoms with Gasteiger partial charge in [0.1, 0.15) is 6.33 Å². The molecule has 0 atom stereocenters. The van der Waals surface area contributed by atoms with Crippen molar-refractivity contribution in [2.45, 2.75) is 4.90 Å². The molecule has 0 unspecified atom stereocenters. The van der Waals surface area contributed by atoms with Gasteiger partial charge >= 0.3 is 0 Å². The van der Waals surface area contributed by atoms with Gasteiger partial charge in [-0.05, 0) is 18.2 Å². The Balaban J connectivity index is 2.51. The number of rotatable bonds is 2. The Morgan fingerprint density at radius 2 is 2.00 bits per heavy atom. The van der Waals surface area contributed by atoms with Crippen molar-refractivity contribution >= 4 is 10.7 Å². The zero-order chi connectivity index (χ0) is 10.7. The van der Waals surface area contributed by atoms with Crippen molar-refractivity contribution in [2.75, 3.05) is 0 Å². The van der Waals surface area contributed by atoms with Gasteiger partial charge in [0.15, 0.2) is 10.7 Å². The lowest BCUT2D eigenvalue weighted by atomic mass is 10.1. The molecule has 0 saturated heterocycles. The number of aromatic nitrogens is 2. The molecule has 0 aliphatic rings. The highest BCUT2D eigenvalue weighted by molar-refractivity contribution is 7.72. The molecule has 0 saturated carbocycles. The van der Waals surface area contributed by atoms with Crippen LogP contribution in [-0.4, -0.2) is 18.4 Å². The first-order valence-corrected chi connectivity index (χ1v) is 5.46. The van der Waals surface area contributed by atoms with Gasteiger partial charge in [0.2, 0.25) is 0 Å². The molecule has 0 aliphatic carbocycles. The second kappa shape index (κ2) is 4.18. The summed E-state index contributed by atoms with van der Waals surface area (Å²) >= 11 is 0. The van der Waals surface area contributed by atoms with Crippen LogP contribution in [0.25, 0.3) is 11.3 Å².